The number of H-pyrrole nitrogens is 1. The average molecular weight is 660 g/mol. The van der Waals surface area contributed by atoms with Crippen LogP contribution in [0.2, 0.25) is 0 Å². The quantitative estimate of drug-likeness (QED) is 0.161. The van der Waals surface area contributed by atoms with Crippen LogP contribution in [-0.4, -0.2) is 93.9 Å². The Labute approximate surface area is 279 Å². The molecule has 2 aliphatic heterocycles. The summed E-state index contributed by atoms with van der Waals surface area (Å²) >= 11 is 0. The molecule has 256 valence electrons. The van der Waals surface area contributed by atoms with E-state index in [0.29, 0.717) is 32.2 Å². The van der Waals surface area contributed by atoms with Gasteiger partial charge >= 0.3 is 0 Å². The van der Waals surface area contributed by atoms with E-state index in [1.54, 1.807) is 6.20 Å². The summed E-state index contributed by atoms with van der Waals surface area (Å²) in [7, 11) is 0. The summed E-state index contributed by atoms with van der Waals surface area (Å²) < 4.78 is 0. The second-order valence-electron chi connectivity index (χ2n) is 12.6. The van der Waals surface area contributed by atoms with Gasteiger partial charge in [0.25, 0.3) is 0 Å². The highest BCUT2D eigenvalue weighted by molar-refractivity contribution is 5.98. The maximum absolute atomic E-state index is 14.1. The van der Waals surface area contributed by atoms with Crippen molar-refractivity contribution in [1.82, 2.24) is 31.2 Å². The molecule has 2 saturated heterocycles. The summed E-state index contributed by atoms with van der Waals surface area (Å²) in [5.41, 5.74) is 8.13. The summed E-state index contributed by atoms with van der Waals surface area (Å²) in [6.07, 6.45) is 2.92. The van der Waals surface area contributed by atoms with E-state index in [1.165, 1.54) is 11.8 Å². The summed E-state index contributed by atoms with van der Waals surface area (Å²) in [4.78, 5) is 74.0. The molecule has 0 radical (unpaired) electrons. The lowest BCUT2D eigenvalue weighted by Gasteiger charge is -2.31. The van der Waals surface area contributed by atoms with Crippen molar-refractivity contribution in [3.05, 3.63) is 71.9 Å². The Morgan fingerprint density at radius 3 is 2.19 bits per heavy atom. The third kappa shape index (κ3) is 8.20. The molecule has 0 bridgehead atoms. The van der Waals surface area contributed by atoms with Crippen LogP contribution < -0.4 is 27.0 Å². The number of aliphatic hydroxyl groups is 1. The first-order valence-corrected chi connectivity index (χ1v) is 16.6. The molecule has 1 unspecified atom stereocenters. The molecule has 5 rings (SSSR count). The lowest BCUT2D eigenvalue weighted by Crippen LogP contribution is -2.60. The van der Waals surface area contributed by atoms with Crippen molar-refractivity contribution in [2.24, 2.45) is 5.73 Å². The number of nitrogens with one attached hydrogen (secondary N) is 5. The lowest BCUT2D eigenvalue weighted by atomic mass is 10.0. The zero-order chi connectivity index (χ0) is 34.2. The molecule has 0 saturated carbocycles. The van der Waals surface area contributed by atoms with Crippen molar-refractivity contribution >= 4 is 40.4 Å². The van der Waals surface area contributed by atoms with E-state index in [1.807, 2.05) is 54.6 Å². The maximum atomic E-state index is 14.1. The van der Waals surface area contributed by atoms with Crippen LogP contribution in [0.15, 0.2) is 60.8 Å². The number of aromatic amines is 1. The molecule has 13 nitrogen and oxygen atoms in total. The van der Waals surface area contributed by atoms with E-state index < -0.39 is 65.8 Å². The Bertz CT molecular complexity index is 1610. The smallest absolute Gasteiger partial charge is 0.248 e. The van der Waals surface area contributed by atoms with Crippen LogP contribution in [0.25, 0.3) is 10.9 Å². The molecule has 48 heavy (non-hydrogen) atoms. The number of benzene rings is 2. The number of rotatable bonds is 9. The highest BCUT2D eigenvalue weighted by atomic mass is 16.3. The molecule has 2 aromatic carbocycles. The van der Waals surface area contributed by atoms with Crippen molar-refractivity contribution in [3.8, 4) is 0 Å². The van der Waals surface area contributed by atoms with E-state index in [9.17, 15) is 29.1 Å². The molecule has 13 heteroatoms. The van der Waals surface area contributed by atoms with Gasteiger partial charge in [-0.1, -0.05) is 48.5 Å². The van der Waals surface area contributed by atoms with E-state index in [2.05, 4.69) is 26.3 Å². The van der Waals surface area contributed by atoms with Gasteiger partial charge < -0.3 is 42.0 Å². The molecule has 2 fully saturated rings. The summed E-state index contributed by atoms with van der Waals surface area (Å²) in [6, 6.07) is 11.2. The number of aliphatic hydroxyl groups excluding tert-OH is 1. The third-order valence-electron chi connectivity index (χ3n) is 9.11. The minimum absolute atomic E-state index is 0.0932. The van der Waals surface area contributed by atoms with Gasteiger partial charge in [0.2, 0.25) is 29.5 Å². The molecule has 2 aliphatic rings. The Morgan fingerprint density at radius 2 is 1.46 bits per heavy atom. The van der Waals surface area contributed by atoms with Gasteiger partial charge in [-0.2, -0.15) is 0 Å². The number of carbonyl (C=O) groups is 5. The predicted octanol–water partition coefficient (Wildman–Crippen LogP) is 0.407. The van der Waals surface area contributed by atoms with Gasteiger partial charge in [-0.05, 0) is 62.8 Å². The van der Waals surface area contributed by atoms with Crippen molar-refractivity contribution in [2.75, 3.05) is 13.1 Å². The predicted molar refractivity (Wildman–Crippen MR) is 179 cm³/mol. The Hall–Kier alpha value is -4.75. The largest absolute Gasteiger partial charge is 0.391 e. The molecule has 8 N–H and O–H groups in total. The zero-order valence-corrected chi connectivity index (χ0v) is 27.1. The third-order valence-corrected chi connectivity index (χ3v) is 9.11. The first kappa shape index (κ1) is 34.6. The minimum atomic E-state index is -1.35. The average Bonchev–Trinajstić information content (AvgIpc) is 3.73. The Kier molecular flexibility index (Phi) is 11.5. The molecule has 5 amide bonds. The number of aromatic nitrogens is 1. The van der Waals surface area contributed by atoms with E-state index in [-0.39, 0.29) is 25.8 Å². The van der Waals surface area contributed by atoms with Gasteiger partial charge in [-0.3, -0.25) is 24.0 Å². The minimum Gasteiger partial charge on any atom is -0.391 e. The number of hydrogen-bond acceptors (Lipinski definition) is 7. The number of para-hydroxylation sites is 1. The van der Waals surface area contributed by atoms with Gasteiger partial charge in [0.1, 0.15) is 30.2 Å². The van der Waals surface area contributed by atoms with Crippen LogP contribution in [-0.2, 0) is 36.8 Å². The van der Waals surface area contributed by atoms with Crippen molar-refractivity contribution in [3.63, 3.8) is 0 Å². The second kappa shape index (κ2) is 15.9. The monoisotopic (exact) mass is 659 g/mol. The van der Waals surface area contributed by atoms with E-state index in [0.717, 1.165) is 22.0 Å². The zero-order valence-electron chi connectivity index (χ0n) is 27.1. The number of hydrogen-bond donors (Lipinski definition) is 7. The van der Waals surface area contributed by atoms with E-state index in [4.69, 9.17) is 5.73 Å². The fourth-order valence-electron chi connectivity index (χ4n) is 6.49. The summed E-state index contributed by atoms with van der Waals surface area (Å²) in [5, 5.41) is 22.7. The van der Waals surface area contributed by atoms with Gasteiger partial charge in [0, 0.05) is 36.5 Å². The molecular weight excluding hydrogens is 614 g/mol. The van der Waals surface area contributed by atoms with Crippen molar-refractivity contribution < 1.29 is 29.1 Å². The molecular formula is C35H45N7O6. The van der Waals surface area contributed by atoms with Crippen LogP contribution in [0.3, 0.4) is 0 Å². The van der Waals surface area contributed by atoms with Crippen molar-refractivity contribution in [1.29, 1.82) is 0 Å². The highest BCUT2D eigenvalue weighted by Gasteiger charge is 2.41. The fourth-order valence-corrected chi connectivity index (χ4v) is 6.49. The highest BCUT2D eigenvalue weighted by Crippen LogP contribution is 2.22. The molecule has 0 aliphatic carbocycles. The van der Waals surface area contributed by atoms with Crippen LogP contribution in [0.5, 0.6) is 0 Å². The van der Waals surface area contributed by atoms with Gasteiger partial charge in [0.15, 0.2) is 0 Å². The number of nitrogens with two attached hydrogens (primary N) is 1. The standard InChI is InChI=1S/C35H45N7O6/c1-21(43)30-35(48)42-17-9-15-29(42)34(47)40-27(18-22-10-3-2-4-11-22)32(45)39-28(19-23-20-37-25-13-6-5-12-24(23)25)33(46)38-26(31(44)41-30)14-7-8-16-36/h2-6,10-13,20-21,26-30,37,43H,7-9,14-19,36H2,1H3,(H,38,46)(H,39,45)(H,40,47)(H,41,44)/t21?,26-,27-,28+,29-,30-/m0/s1. The molecule has 1 aromatic heterocycles. The molecule has 6 atom stereocenters. The topological polar surface area (TPSA) is 199 Å². The number of unbranched alkanes of at least 4 members (excludes halogenated alkanes) is 1. The normalized spacial score (nSPS) is 24.9. The molecule has 3 aromatic rings. The van der Waals surface area contributed by atoms with Gasteiger partial charge in [-0.25, -0.2) is 0 Å². The number of fused-ring (bicyclic) bond motifs is 2. The van der Waals surface area contributed by atoms with Crippen LogP contribution in [0.4, 0.5) is 0 Å². The second-order valence-corrected chi connectivity index (χ2v) is 12.6. The Morgan fingerprint density at radius 1 is 0.812 bits per heavy atom. The Balaban J connectivity index is 1.54. The van der Waals surface area contributed by atoms with Crippen molar-refractivity contribution in [2.45, 2.75) is 88.2 Å². The summed E-state index contributed by atoms with van der Waals surface area (Å²) in [5.74, 6) is -2.99. The number of amides is 5. The van der Waals surface area contributed by atoms with Gasteiger partial charge in [-0.15, -0.1) is 0 Å². The van der Waals surface area contributed by atoms with Gasteiger partial charge in [0.05, 0.1) is 6.10 Å². The summed E-state index contributed by atoms with van der Waals surface area (Å²) in [6.45, 7) is 2.02. The number of nitrogens with zero attached hydrogens (tertiary/aromatic N) is 1. The van der Waals surface area contributed by atoms with Crippen LogP contribution in [0, 0.1) is 0 Å². The maximum Gasteiger partial charge on any atom is 0.248 e. The first-order chi connectivity index (χ1) is 23.2. The van der Waals surface area contributed by atoms with Crippen LogP contribution >= 0.6 is 0 Å². The SMILES string of the molecule is CC(O)[C@@H]1NC(=O)[C@H](CCCCN)NC(=O)[C@@H](Cc2c[nH]c3ccccc23)NC(=O)[C@H](Cc2ccccc2)NC(=O)[C@@H]2CCCN2C1=O. The molecule has 3 heterocycles. The fraction of sp³-hybridized carbons (Fsp3) is 0.457. The van der Waals surface area contributed by atoms with Crippen LogP contribution in [0.1, 0.15) is 50.2 Å². The molecule has 0 spiro atoms. The number of carbonyl (C=O) groups excluding carboxylic acids is 5. The lowest BCUT2D eigenvalue weighted by molar-refractivity contribution is -0.144. The first-order valence-electron chi connectivity index (χ1n) is 16.6. The van der Waals surface area contributed by atoms with E-state index >= 15 is 0 Å².